The van der Waals surface area contributed by atoms with Gasteiger partial charge in [0, 0.05) is 24.4 Å². The Bertz CT molecular complexity index is 439. The summed E-state index contributed by atoms with van der Waals surface area (Å²) in [5.74, 6) is 0. The van der Waals surface area contributed by atoms with Gasteiger partial charge in [-0.25, -0.2) is 0 Å². The second-order valence-electron chi connectivity index (χ2n) is 5.71. The second kappa shape index (κ2) is 7.32. The molecule has 0 amide bonds. The van der Waals surface area contributed by atoms with E-state index in [1.807, 2.05) is 0 Å². The van der Waals surface area contributed by atoms with Gasteiger partial charge in [0.05, 0.1) is 15.9 Å². The molecule has 3 nitrogen and oxygen atoms in total. The Labute approximate surface area is 135 Å². The number of hydrogen-bond acceptors (Lipinski definition) is 3. The summed E-state index contributed by atoms with van der Waals surface area (Å²) in [7, 11) is 0. The highest BCUT2D eigenvalue weighted by Crippen LogP contribution is 2.38. The number of nitrogens with zero attached hydrogens (tertiary/aromatic N) is 2. The molecule has 1 aliphatic carbocycles. The molecule has 1 heterocycles. The van der Waals surface area contributed by atoms with Crippen molar-refractivity contribution in [2.24, 2.45) is 0 Å². The van der Waals surface area contributed by atoms with Crippen LogP contribution in [0.1, 0.15) is 50.4 Å². The van der Waals surface area contributed by atoms with E-state index in [1.165, 1.54) is 37.8 Å². The molecule has 114 valence electrons. The zero-order valence-corrected chi connectivity index (χ0v) is 15.2. The summed E-state index contributed by atoms with van der Waals surface area (Å²) in [6, 6.07) is 0. The first kappa shape index (κ1) is 16.4. The van der Waals surface area contributed by atoms with E-state index in [0.717, 1.165) is 29.8 Å². The van der Waals surface area contributed by atoms with Gasteiger partial charge >= 0.3 is 0 Å². The van der Waals surface area contributed by atoms with Gasteiger partial charge < -0.3 is 5.32 Å². The van der Waals surface area contributed by atoms with Crippen LogP contribution in [0.3, 0.4) is 0 Å². The molecule has 0 spiro atoms. The number of halogens is 1. The fourth-order valence-electron chi connectivity index (χ4n) is 3.10. The van der Waals surface area contributed by atoms with Crippen LogP contribution in [0.15, 0.2) is 4.47 Å². The molecule has 0 aromatic carbocycles. The van der Waals surface area contributed by atoms with Crippen molar-refractivity contribution in [3.63, 3.8) is 0 Å². The molecule has 0 saturated heterocycles. The number of thioether (sulfide) groups is 1. The standard InChI is InChI=1S/C15H26BrN3S/c1-4-19-13(14(16)12(2)18-19)10-17-11-15(20-3)8-6-5-7-9-15/h17H,4-11H2,1-3H3. The van der Waals surface area contributed by atoms with E-state index in [-0.39, 0.29) is 0 Å². The molecule has 1 aliphatic rings. The molecule has 5 heteroatoms. The Hall–Kier alpha value is -0.0000000000000000555. The molecular formula is C15H26BrN3S. The fraction of sp³-hybridized carbons (Fsp3) is 0.800. The van der Waals surface area contributed by atoms with Crippen molar-refractivity contribution in [3.8, 4) is 0 Å². The first-order valence-corrected chi connectivity index (χ1v) is 9.61. The van der Waals surface area contributed by atoms with Crippen molar-refractivity contribution in [3.05, 3.63) is 15.9 Å². The quantitative estimate of drug-likeness (QED) is 0.827. The van der Waals surface area contributed by atoms with Gasteiger partial charge in [-0.05, 0) is 48.9 Å². The molecular weight excluding hydrogens is 334 g/mol. The summed E-state index contributed by atoms with van der Waals surface area (Å²) in [4.78, 5) is 0. The maximum atomic E-state index is 4.56. The molecule has 1 aromatic rings. The lowest BCUT2D eigenvalue weighted by molar-refractivity contribution is 0.377. The summed E-state index contributed by atoms with van der Waals surface area (Å²) >= 11 is 5.72. The molecule has 0 unspecified atom stereocenters. The van der Waals surface area contributed by atoms with E-state index in [0.29, 0.717) is 4.75 Å². The third-order valence-electron chi connectivity index (χ3n) is 4.39. The van der Waals surface area contributed by atoms with Gasteiger partial charge in [0.15, 0.2) is 0 Å². The smallest absolute Gasteiger partial charge is 0.0739 e. The minimum Gasteiger partial charge on any atom is -0.310 e. The lowest BCUT2D eigenvalue weighted by Gasteiger charge is -2.36. The Morgan fingerprint density at radius 1 is 1.35 bits per heavy atom. The molecule has 0 bridgehead atoms. The van der Waals surface area contributed by atoms with Crippen molar-refractivity contribution in [1.82, 2.24) is 15.1 Å². The van der Waals surface area contributed by atoms with E-state index in [4.69, 9.17) is 0 Å². The Kier molecular flexibility index (Phi) is 5.99. The molecule has 0 atom stereocenters. The Morgan fingerprint density at radius 2 is 2.05 bits per heavy atom. The van der Waals surface area contributed by atoms with Crippen LogP contribution in [0.25, 0.3) is 0 Å². The molecule has 20 heavy (non-hydrogen) atoms. The predicted molar refractivity (Wildman–Crippen MR) is 91.4 cm³/mol. The number of hydrogen-bond donors (Lipinski definition) is 1. The largest absolute Gasteiger partial charge is 0.310 e. The molecule has 0 aliphatic heterocycles. The van der Waals surface area contributed by atoms with Gasteiger partial charge in [-0.1, -0.05) is 19.3 Å². The van der Waals surface area contributed by atoms with Crippen LogP contribution in [0.4, 0.5) is 0 Å². The topological polar surface area (TPSA) is 29.9 Å². The monoisotopic (exact) mass is 359 g/mol. The predicted octanol–water partition coefficient (Wildman–Crippen LogP) is 4.13. The van der Waals surface area contributed by atoms with Crippen molar-refractivity contribution in [2.75, 3.05) is 12.8 Å². The first-order valence-electron chi connectivity index (χ1n) is 7.59. The molecule has 1 aromatic heterocycles. The van der Waals surface area contributed by atoms with Crippen LogP contribution in [-0.4, -0.2) is 27.3 Å². The second-order valence-corrected chi connectivity index (χ2v) is 7.78. The highest BCUT2D eigenvalue weighted by Gasteiger charge is 2.30. The van der Waals surface area contributed by atoms with Crippen molar-refractivity contribution < 1.29 is 0 Å². The maximum absolute atomic E-state index is 4.56. The van der Waals surface area contributed by atoms with Gasteiger partial charge in [0.2, 0.25) is 0 Å². The van der Waals surface area contributed by atoms with Crippen LogP contribution in [-0.2, 0) is 13.1 Å². The van der Waals surface area contributed by atoms with Crippen LogP contribution >= 0.6 is 27.7 Å². The number of nitrogens with one attached hydrogen (secondary N) is 1. The number of rotatable bonds is 6. The molecule has 1 saturated carbocycles. The van der Waals surface area contributed by atoms with Crippen molar-refractivity contribution >= 4 is 27.7 Å². The van der Waals surface area contributed by atoms with Crippen molar-refractivity contribution in [1.29, 1.82) is 0 Å². The molecule has 1 fully saturated rings. The lowest BCUT2D eigenvalue weighted by atomic mass is 9.88. The molecule has 1 N–H and O–H groups in total. The fourth-order valence-corrected chi connectivity index (χ4v) is 4.46. The number of aryl methyl sites for hydroxylation is 2. The third-order valence-corrected chi connectivity index (χ3v) is 6.84. The van der Waals surface area contributed by atoms with Crippen LogP contribution in [0, 0.1) is 6.92 Å². The van der Waals surface area contributed by atoms with Gasteiger partial charge in [-0.3, -0.25) is 4.68 Å². The average molecular weight is 360 g/mol. The van der Waals surface area contributed by atoms with E-state index in [2.05, 4.69) is 62.9 Å². The van der Waals surface area contributed by atoms with Crippen LogP contribution in [0.2, 0.25) is 0 Å². The first-order chi connectivity index (χ1) is 9.62. The van der Waals surface area contributed by atoms with Gasteiger partial charge in [-0.2, -0.15) is 16.9 Å². The molecule has 2 rings (SSSR count). The zero-order valence-electron chi connectivity index (χ0n) is 12.8. The van der Waals surface area contributed by atoms with Gasteiger partial charge in [-0.15, -0.1) is 0 Å². The maximum Gasteiger partial charge on any atom is 0.0739 e. The lowest BCUT2D eigenvalue weighted by Crippen LogP contribution is -2.39. The van der Waals surface area contributed by atoms with Gasteiger partial charge in [0.1, 0.15) is 0 Å². The normalized spacial score (nSPS) is 18.4. The SMILES string of the molecule is CCn1nc(C)c(Br)c1CNCC1(SC)CCCCC1. The van der Waals surface area contributed by atoms with E-state index >= 15 is 0 Å². The van der Waals surface area contributed by atoms with E-state index in [1.54, 1.807) is 0 Å². The van der Waals surface area contributed by atoms with Gasteiger partial charge in [0.25, 0.3) is 0 Å². The summed E-state index contributed by atoms with van der Waals surface area (Å²) in [6.45, 7) is 7.14. The molecule has 0 radical (unpaired) electrons. The Balaban J connectivity index is 1.95. The average Bonchev–Trinajstić information content (AvgIpc) is 2.76. The Morgan fingerprint density at radius 3 is 2.65 bits per heavy atom. The zero-order chi connectivity index (χ0) is 14.6. The number of aromatic nitrogens is 2. The van der Waals surface area contributed by atoms with E-state index in [9.17, 15) is 0 Å². The minimum absolute atomic E-state index is 0.455. The summed E-state index contributed by atoms with van der Waals surface area (Å²) in [5.41, 5.74) is 2.36. The minimum atomic E-state index is 0.455. The van der Waals surface area contributed by atoms with Crippen molar-refractivity contribution in [2.45, 2.75) is 63.8 Å². The summed E-state index contributed by atoms with van der Waals surface area (Å²) in [6.07, 6.45) is 9.16. The van der Waals surface area contributed by atoms with Crippen LogP contribution < -0.4 is 5.32 Å². The van der Waals surface area contributed by atoms with Crippen LogP contribution in [0.5, 0.6) is 0 Å². The highest BCUT2D eigenvalue weighted by atomic mass is 79.9. The third kappa shape index (κ3) is 3.60. The summed E-state index contributed by atoms with van der Waals surface area (Å²) < 4.78 is 3.71. The highest BCUT2D eigenvalue weighted by molar-refractivity contribution is 9.10. The van der Waals surface area contributed by atoms with E-state index < -0.39 is 0 Å². The summed E-state index contributed by atoms with van der Waals surface area (Å²) in [5, 5.41) is 8.24.